The zero-order valence-corrected chi connectivity index (χ0v) is 6.97. The van der Waals surface area contributed by atoms with E-state index in [0.29, 0.717) is 5.78 Å². The van der Waals surface area contributed by atoms with Crippen molar-refractivity contribution >= 4 is 5.78 Å². The number of hydrogen-bond donors (Lipinski definition) is 0. The van der Waals surface area contributed by atoms with E-state index in [4.69, 9.17) is 0 Å². The van der Waals surface area contributed by atoms with Crippen molar-refractivity contribution in [2.24, 2.45) is 11.8 Å². The molecule has 0 radical (unpaired) electrons. The van der Waals surface area contributed by atoms with Crippen molar-refractivity contribution < 1.29 is 4.79 Å². The van der Waals surface area contributed by atoms with Crippen molar-refractivity contribution in [2.45, 2.75) is 32.6 Å². The quantitative estimate of drug-likeness (QED) is 0.518. The number of hydrogen-bond acceptors (Lipinski definition) is 1. The summed E-state index contributed by atoms with van der Waals surface area (Å²) in [4.78, 5) is 11.0. The van der Waals surface area contributed by atoms with E-state index < -0.39 is 0 Å². The Balaban J connectivity index is 2.24. The molecule has 60 valence electrons. The smallest absolute Gasteiger partial charge is 0.155 e. The average Bonchev–Trinajstić information content (AvgIpc) is 2.32. The fourth-order valence-electron chi connectivity index (χ4n) is 2.37. The minimum Gasteiger partial charge on any atom is -0.295 e. The summed E-state index contributed by atoms with van der Waals surface area (Å²) in [6.45, 7) is 2.31. The molecule has 1 fully saturated rings. The van der Waals surface area contributed by atoms with E-state index in [1.54, 1.807) is 0 Å². The Hall–Kier alpha value is -0.590. The third kappa shape index (κ3) is 1.13. The first kappa shape index (κ1) is 7.08. The fraction of sp³-hybridized carbons (Fsp3) is 0.700. The van der Waals surface area contributed by atoms with Crippen LogP contribution in [0.4, 0.5) is 0 Å². The Kier molecular flexibility index (Phi) is 1.59. The number of rotatable bonds is 0. The van der Waals surface area contributed by atoms with Crippen LogP contribution in [0.5, 0.6) is 0 Å². The molecule has 0 N–H and O–H groups in total. The maximum absolute atomic E-state index is 11.0. The summed E-state index contributed by atoms with van der Waals surface area (Å²) >= 11 is 0. The van der Waals surface area contributed by atoms with Gasteiger partial charge in [-0.25, -0.2) is 0 Å². The summed E-state index contributed by atoms with van der Waals surface area (Å²) in [7, 11) is 0. The Labute approximate surface area is 67.5 Å². The lowest BCUT2D eigenvalue weighted by molar-refractivity contribution is -0.115. The van der Waals surface area contributed by atoms with E-state index in [0.717, 1.165) is 24.7 Å². The number of ketones is 1. The van der Waals surface area contributed by atoms with E-state index in [1.165, 1.54) is 18.4 Å². The monoisotopic (exact) mass is 150 g/mol. The molecule has 0 heterocycles. The zero-order valence-electron chi connectivity index (χ0n) is 6.97. The molecule has 2 aliphatic rings. The van der Waals surface area contributed by atoms with Gasteiger partial charge in [-0.3, -0.25) is 4.79 Å². The van der Waals surface area contributed by atoms with Crippen molar-refractivity contribution in [3.8, 4) is 0 Å². The van der Waals surface area contributed by atoms with Crippen molar-refractivity contribution in [3.63, 3.8) is 0 Å². The third-order valence-corrected chi connectivity index (χ3v) is 3.10. The summed E-state index contributed by atoms with van der Waals surface area (Å²) in [5.41, 5.74) is 1.44. The molecule has 2 rings (SSSR count). The van der Waals surface area contributed by atoms with Crippen molar-refractivity contribution in [2.75, 3.05) is 0 Å². The largest absolute Gasteiger partial charge is 0.295 e. The lowest BCUT2D eigenvalue weighted by Gasteiger charge is -2.19. The van der Waals surface area contributed by atoms with Gasteiger partial charge < -0.3 is 0 Å². The zero-order chi connectivity index (χ0) is 7.84. The molecule has 0 amide bonds. The van der Waals surface area contributed by atoms with Crippen LogP contribution in [-0.2, 0) is 4.79 Å². The summed E-state index contributed by atoms with van der Waals surface area (Å²) in [5.74, 6) is 1.94. The Morgan fingerprint density at radius 1 is 1.36 bits per heavy atom. The SMILES string of the molecule is C[C@H]1CCC2=CC(=O)CCC21. The molecule has 1 unspecified atom stereocenters. The molecule has 2 atom stereocenters. The van der Waals surface area contributed by atoms with Gasteiger partial charge in [0.15, 0.2) is 5.78 Å². The molecule has 11 heavy (non-hydrogen) atoms. The minimum atomic E-state index is 0.352. The highest BCUT2D eigenvalue weighted by Gasteiger charge is 2.31. The predicted molar refractivity (Wildman–Crippen MR) is 44.2 cm³/mol. The number of carbonyl (C=O) groups is 1. The van der Waals surface area contributed by atoms with Crippen molar-refractivity contribution in [1.82, 2.24) is 0 Å². The molecule has 2 aliphatic carbocycles. The van der Waals surface area contributed by atoms with Crippen LogP contribution >= 0.6 is 0 Å². The third-order valence-electron chi connectivity index (χ3n) is 3.10. The van der Waals surface area contributed by atoms with E-state index in [2.05, 4.69) is 6.92 Å². The van der Waals surface area contributed by atoms with Crippen LogP contribution in [0.2, 0.25) is 0 Å². The maximum Gasteiger partial charge on any atom is 0.155 e. The summed E-state index contributed by atoms with van der Waals surface area (Å²) in [6.07, 6.45) is 6.28. The molecule has 0 aromatic rings. The second-order valence-corrected chi connectivity index (χ2v) is 3.85. The van der Waals surface area contributed by atoms with Crippen LogP contribution in [0.15, 0.2) is 11.6 Å². The second-order valence-electron chi connectivity index (χ2n) is 3.85. The van der Waals surface area contributed by atoms with Crippen LogP contribution in [0.3, 0.4) is 0 Å². The molecule has 1 heteroatoms. The van der Waals surface area contributed by atoms with E-state index in [9.17, 15) is 4.79 Å². The summed E-state index contributed by atoms with van der Waals surface area (Å²) in [5, 5.41) is 0. The van der Waals surface area contributed by atoms with Crippen molar-refractivity contribution in [1.29, 1.82) is 0 Å². The molecule has 0 bridgehead atoms. The molecule has 0 aromatic heterocycles. The maximum atomic E-state index is 11.0. The number of carbonyl (C=O) groups excluding carboxylic acids is 1. The lowest BCUT2D eigenvalue weighted by Crippen LogP contribution is -2.13. The van der Waals surface area contributed by atoms with Crippen LogP contribution in [0, 0.1) is 11.8 Å². The van der Waals surface area contributed by atoms with E-state index in [1.807, 2.05) is 6.08 Å². The second kappa shape index (κ2) is 2.47. The highest BCUT2D eigenvalue weighted by Crippen LogP contribution is 2.41. The van der Waals surface area contributed by atoms with Crippen LogP contribution < -0.4 is 0 Å². The van der Waals surface area contributed by atoms with Gasteiger partial charge in [0.2, 0.25) is 0 Å². The molecule has 1 nitrogen and oxygen atoms in total. The highest BCUT2D eigenvalue weighted by atomic mass is 16.1. The highest BCUT2D eigenvalue weighted by molar-refractivity contribution is 5.91. The summed E-state index contributed by atoms with van der Waals surface area (Å²) in [6, 6.07) is 0. The first-order valence-corrected chi connectivity index (χ1v) is 4.50. The Bertz CT molecular complexity index is 215. The van der Waals surface area contributed by atoms with Gasteiger partial charge in [0.1, 0.15) is 0 Å². The average molecular weight is 150 g/mol. The normalized spacial score (nSPS) is 36.8. The number of fused-ring (bicyclic) bond motifs is 1. The van der Waals surface area contributed by atoms with Crippen LogP contribution in [-0.4, -0.2) is 5.78 Å². The van der Waals surface area contributed by atoms with Gasteiger partial charge in [0.25, 0.3) is 0 Å². The lowest BCUT2D eigenvalue weighted by atomic mass is 9.85. The Morgan fingerprint density at radius 2 is 2.18 bits per heavy atom. The standard InChI is InChI=1S/C10H14O/c1-7-2-3-8-6-9(11)4-5-10(7)8/h6-7,10H,2-5H2,1H3/t7-,10?/m0/s1. The van der Waals surface area contributed by atoms with Gasteiger partial charge in [-0.1, -0.05) is 12.5 Å². The molecule has 1 saturated carbocycles. The van der Waals surface area contributed by atoms with Gasteiger partial charge in [-0.2, -0.15) is 0 Å². The first-order chi connectivity index (χ1) is 5.27. The molecule has 0 spiro atoms. The molecule has 0 aliphatic heterocycles. The number of allylic oxidation sites excluding steroid dienone is 2. The van der Waals surface area contributed by atoms with E-state index >= 15 is 0 Å². The predicted octanol–water partition coefficient (Wildman–Crippen LogP) is 2.32. The van der Waals surface area contributed by atoms with Gasteiger partial charge in [0, 0.05) is 6.42 Å². The van der Waals surface area contributed by atoms with Crippen LogP contribution in [0.25, 0.3) is 0 Å². The topological polar surface area (TPSA) is 17.1 Å². The Morgan fingerprint density at radius 3 is 3.00 bits per heavy atom. The molecular formula is C10H14O. The minimum absolute atomic E-state index is 0.352. The van der Waals surface area contributed by atoms with Crippen molar-refractivity contribution in [3.05, 3.63) is 11.6 Å². The summed E-state index contributed by atoms with van der Waals surface area (Å²) < 4.78 is 0. The molecule has 0 saturated heterocycles. The van der Waals surface area contributed by atoms with Gasteiger partial charge in [-0.15, -0.1) is 0 Å². The fourth-order valence-corrected chi connectivity index (χ4v) is 2.37. The molecule has 0 aromatic carbocycles. The van der Waals surface area contributed by atoms with Gasteiger partial charge >= 0.3 is 0 Å². The first-order valence-electron chi connectivity index (χ1n) is 4.50. The van der Waals surface area contributed by atoms with Gasteiger partial charge in [-0.05, 0) is 37.2 Å². The van der Waals surface area contributed by atoms with Crippen LogP contribution in [0.1, 0.15) is 32.6 Å². The molecular weight excluding hydrogens is 136 g/mol. The van der Waals surface area contributed by atoms with Gasteiger partial charge in [0.05, 0.1) is 0 Å². The van der Waals surface area contributed by atoms with E-state index in [-0.39, 0.29) is 0 Å².